The van der Waals surface area contributed by atoms with Gasteiger partial charge in [-0.15, -0.1) is 0 Å². The molecule has 0 aromatic heterocycles. The molecule has 3 aliphatic rings. The maximum absolute atomic E-state index is 13.1. The minimum Gasteiger partial charge on any atom is -0.298 e. The first kappa shape index (κ1) is 52.7. The number of carbonyl (C=O) groups is 3. The molecular formula is C66H90O3. The van der Waals surface area contributed by atoms with Gasteiger partial charge in [0.05, 0.1) is 0 Å². The Bertz CT molecular complexity index is 2040. The first-order chi connectivity index (χ1) is 33.8. The Hall–Kier alpha value is -4.11. The van der Waals surface area contributed by atoms with Gasteiger partial charge in [0, 0.05) is 32.9 Å². The van der Waals surface area contributed by atoms with Crippen LogP contribution in [0.2, 0.25) is 0 Å². The molecule has 0 unspecified atom stereocenters. The molecule has 0 amide bonds. The number of fused-ring (bicyclic) bond motifs is 12. The molecule has 0 N–H and O–H groups in total. The fraction of sp³-hybridized carbons (Fsp3) is 0.591. The van der Waals surface area contributed by atoms with Gasteiger partial charge >= 0.3 is 0 Å². The summed E-state index contributed by atoms with van der Waals surface area (Å²) in [6.07, 6.45) is 38.3. The fourth-order valence-electron chi connectivity index (χ4n) is 14.2. The molecule has 372 valence electrons. The molecule has 69 heavy (non-hydrogen) atoms. The van der Waals surface area contributed by atoms with Crippen molar-refractivity contribution in [2.45, 2.75) is 250 Å². The second-order valence-electron chi connectivity index (χ2n) is 22.1. The van der Waals surface area contributed by atoms with Crippen LogP contribution in [0, 0.1) is 0 Å². The highest BCUT2D eigenvalue weighted by molar-refractivity contribution is 6.06. The van der Waals surface area contributed by atoms with E-state index in [0.717, 1.165) is 113 Å². The van der Waals surface area contributed by atoms with Crippen LogP contribution in [0.1, 0.15) is 299 Å². The van der Waals surface area contributed by atoms with E-state index in [1.807, 2.05) is 0 Å². The van der Waals surface area contributed by atoms with Crippen LogP contribution in [0.15, 0.2) is 54.6 Å². The first-order valence-corrected chi connectivity index (χ1v) is 28.9. The van der Waals surface area contributed by atoms with E-state index in [1.54, 1.807) is 16.7 Å². The molecule has 3 heteroatoms. The van der Waals surface area contributed by atoms with Crippen molar-refractivity contribution in [2.24, 2.45) is 0 Å². The highest BCUT2D eigenvalue weighted by atomic mass is 16.1. The Balaban J connectivity index is 1.73. The van der Waals surface area contributed by atoms with Gasteiger partial charge in [-0.05, 0) is 123 Å². The van der Waals surface area contributed by atoms with E-state index in [9.17, 15) is 14.4 Å². The molecule has 4 aromatic carbocycles. The second kappa shape index (κ2) is 24.8. The van der Waals surface area contributed by atoms with E-state index in [-0.39, 0.29) is 16.2 Å². The van der Waals surface area contributed by atoms with Gasteiger partial charge in [0.2, 0.25) is 0 Å². The van der Waals surface area contributed by atoms with E-state index in [2.05, 4.69) is 96.1 Å². The molecule has 0 saturated heterocycles. The molecule has 3 nitrogen and oxygen atoms in total. The van der Waals surface area contributed by atoms with Crippen molar-refractivity contribution in [3.8, 4) is 33.4 Å². The average molecular weight is 931 g/mol. The van der Waals surface area contributed by atoms with Gasteiger partial charge in [0.15, 0.2) is 0 Å². The molecule has 0 bridgehead atoms. The minimum absolute atomic E-state index is 0.274. The summed E-state index contributed by atoms with van der Waals surface area (Å²) in [6, 6.07) is 20.5. The van der Waals surface area contributed by atoms with Crippen LogP contribution in [0.3, 0.4) is 0 Å². The van der Waals surface area contributed by atoms with E-state index in [1.165, 1.54) is 166 Å². The molecule has 0 spiro atoms. The van der Waals surface area contributed by atoms with E-state index in [4.69, 9.17) is 0 Å². The Morgan fingerprint density at radius 2 is 0.522 bits per heavy atom. The number of unbranched alkanes of at least 4 members (excludes halogenated alkanes) is 18. The number of hydrogen-bond acceptors (Lipinski definition) is 3. The molecule has 0 saturated carbocycles. The standard InChI is InChI=1S/C66H90O3/c1-7-13-19-25-37-64(38-26-20-14-8-2)55-43-49(46-67)31-34-52(55)58-61(64)59-53-35-32-50(47-68)44-56(53)65(39-27-21-15-9-3,40-28-22-16-10-4)63(59)60-54-36-33-51(48-69)45-57(54)66(62(58)60,41-29-23-17-11-5)42-30-24-18-12-6/h31-36,43-48H,7-30,37-42H2,1-6H3. The number of hydrogen-bond donors (Lipinski definition) is 0. The van der Waals surface area contributed by atoms with Gasteiger partial charge in [0.25, 0.3) is 0 Å². The van der Waals surface area contributed by atoms with Crippen LogP contribution in [0.4, 0.5) is 0 Å². The summed E-state index contributed by atoms with van der Waals surface area (Å²) >= 11 is 0. The Morgan fingerprint density at radius 3 is 0.710 bits per heavy atom. The van der Waals surface area contributed by atoms with Crippen molar-refractivity contribution < 1.29 is 14.4 Å². The monoisotopic (exact) mass is 931 g/mol. The SMILES string of the molecule is CCCCCCC1(CCCCCC)c2cc(C=O)ccc2-c2c1c1c(c3c2C(CCCCCC)(CCCCCC)c2cc(C=O)ccc2-3)C(CCCCCC)(CCCCCC)c2cc(C=O)ccc2-1. The second-order valence-corrected chi connectivity index (χ2v) is 22.1. The normalized spacial score (nSPS) is 15.0. The van der Waals surface area contributed by atoms with Crippen molar-refractivity contribution in [3.05, 3.63) is 105 Å². The predicted octanol–water partition coefficient (Wildman–Crippen LogP) is 19.7. The molecule has 0 fully saturated rings. The maximum atomic E-state index is 13.1. The lowest BCUT2D eigenvalue weighted by Crippen LogP contribution is -2.31. The van der Waals surface area contributed by atoms with Crippen molar-refractivity contribution >= 4 is 18.9 Å². The van der Waals surface area contributed by atoms with Crippen LogP contribution in [0.25, 0.3) is 33.4 Å². The first-order valence-electron chi connectivity index (χ1n) is 28.9. The van der Waals surface area contributed by atoms with Gasteiger partial charge < -0.3 is 0 Å². The van der Waals surface area contributed by atoms with Crippen molar-refractivity contribution in [2.75, 3.05) is 0 Å². The zero-order valence-corrected chi connectivity index (χ0v) is 44.4. The lowest BCUT2D eigenvalue weighted by molar-refractivity contribution is 0.111. The molecule has 3 aliphatic carbocycles. The number of aldehydes is 3. The summed E-state index contributed by atoms with van der Waals surface area (Å²) < 4.78 is 0. The summed E-state index contributed by atoms with van der Waals surface area (Å²) in [5.74, 6) is 0. The van der Waals surface area contributed by atoms with Crippen LogP contribution < -0.4 is 0 Å². The smallest absolute Gasteiger partial charge is 0.150 e. The van der Waals surface area contributed by atoms with E-state index >= 15 is 0 Å². The Labute approximate surface area is 419 Å². The third-order valence-electron chi connectivity index (χ3n) is 17.6. The topological polar surface area (TPSA) is 51.2 Å². The molecule has 4 aromatic rings. The molecule has 0 heterocycles. The average Bonchev–Trinajstić information content (AvgIpc) is 3.93. The maximum Gasteiger partial charge on any atom is 0.150 e. The summed E-state index contributed by atoms with van der Waals surface area (Å²) in [4.78, 5) is 39.2. The molecule has 0 radical (unpaired) electrons. The predicted molar refractivity (Wildman–Crippen MR) is 294 cm³/mol. The third-order valence-corrected chi connectivity index (χ3v) is 17.6. The zero-order chi connectivity index (χ0) is 48.9. The van der Waals surface area contributed by atoms with E-state index < -0.39 is 0 Å². The molecule has 0 atom stereocenters. The van der Waals surface area contributed by atoms with Gasteiger partial charge in [-0.25, -0.2) is 0 Å². The van der Waals surface area contributed by atoms with Crippen molar-refractivity contribution in [1.29, 1.82) is 0 Å². The third kappa shape index (κ3) is 10.2. The van der Waals surface area contributed by atoms with Gasteiger partial charge in [-0.1, -0.05) is 232 Å². The number of benzene rings is 4. The summed E-state index contributed by atoms with van der Waals surface area (Å²) in [5.41, 5.74) is 18.8. The van der Waals surface area contributed by atoms with Gasteiger partial charge in [-0.2, -0.15) is 0 Å². The Morgan fingerprint density at radius 1 is 0.304 bits per heavy atom. The molecule has 7 rings (SSSR count). The minimum atomic E-state index is -0.274. The van der Waals surface area contributed by atoms with Crippen LogP contribution in [0.5, 0.6) is 0 Å². The van der Waals surface area contributed by atoms with Gasteiger partial charge in [0.1, 0.15) is 18.9 Å². The molecular weight excluding hydrogens is 841 g/mol. The van der Waals surface area contributed by atoms with Gasteiger partial charge in [-0.3, -0.25) is 14.4 Å². The lowest BCUT2D eigenvalue weighted by atomic mass is 9.63. The lowest BCUT2D eigenvalue weighted by Gasteiger charge is -2.40. The van der Waals surface area contributed by atoms with Crippen LogP contribution >= 0.6 is 0 Å². The van der Waals surface area contributed by atoms with Crippen LogP contribution in [-0.2, 0) is 16.2 Å². The summed E-state index contributed by atoms with van der Waals surface area (Å²) in [7, 11) is 0. The number of rotatable bonds is 33. The summed E-state index contributed by atoms with van der Waals surface area (Å²) in [5, 5.41) is 0. The van der Waals surface area contributed by atoms with E-state index in [0.29, 0.717) is 0 Å². The highest BCUT2D eigenvalue weighted by Crippen LogP contribution is 2.71. The van der Waals surface area contributed by atoms with Crippen LogP contribution in [-0.4, -0.2) is 18.9 Å². The quantitative estimate of drug-likeness (QED) is 0.0353. The molecule has 0 aliphatic heterocycles. The highest BCUT2D eigenvalue weighted by Gasteiger charge is 2.57. The van der Waals surface area contributed by atoms with Crippen molar-refractivity contribution in [3.63, 3.8) is 0 Å². The largest absolute Gasteiger partial charge is 0.298 e. The number of carbonyl (C=O) groups excluding carboxylic acids is 3. The van der Waals surface area contributed by atoms with Crippen molar-refractivity contribution in [1.82, 2.24) is 0 Å². The fourth-order valence-corrected chi connectivity index (χ4v) is 14.2. The zero-order valence-electron chi connectivity index (χ0n) is 44.4. The Kier molecular flexibility index (Phi) is 19.0. The summed E-state index contributed by atoms with van der Waals surface area (Å²) in [6.45, 7) is 14.0.